The van der Waals surface area contributed by atoms with E-state index in [1.165, 1.54) is 5.56 Å². The third-order valence-corrected chi connectivity index (χ3v) is 16.8. The van der Waals surface area contributed by atoms with Gasteiger partial charge in [-0.25, -0.2) is 0 Å². The lowest BCUT2D eigenvalue weighted by Gasteiger charge is -2.26. The summed E-state index contributed by atoms with van der Waals surface area (Å²) in [5.74, 6) is 0. The van der Waals surface area contributed by atoms with Crippen molar-refractivity contribution in [3.05, 3.63) is 297 Å². The molecule has 84 heavy (non-hydrogen) atoms. The molecule has 0 saturated heterocycles. The van der Waals surface area contributed by atoms with Crippen LogP contribution in [0, 0.1) is 0 Å². The fourth-order valence-electron chi connectivity index (χ4n) is 12.4. The first-order valence-corrected chi connectivity index (χ1v) is 28.5. The zero-order valence-corrected chi connectivity index (χ0v) is 45.9. The van der Waals surface area contributed by atoms with Crippen LogP contribution in [0.1, 0.15) is 0 Å². The van der Waals surface area contributed by atoms with Crippen LogP contribution in [-0.2, 0) is 0 Å². The highest BCUT2D eigenvalue weighted by Gasteiger charge is 2.19. The molecule has 396 valence electrons. The van der Waals surface area contributed by atoms with Gasteiger partial charge in [0.05, 0.1) is 0 Å². The van der Waals surface area contributed by atoms with Crippen LogP contribution in [0.15, 0.2) is 311 Å². The van der Waals surface area contributed by atoms with Gasteiger partial charge in [-0.05, 0) is 141 Å². The molecular weight excluding hydrogens is 1020 g/mol. The first-order valence-electron chi connectivity index (χ1n) is 28.5. The maximum atomic E-state index is 6.47. The van der Waals surface area contributed by atoms with Crippen LogP contribution in [0.5, 0.6) is 0 Å². The predicted molar refractivity (Wildman–Crippen MR) is 350 cm³/mol. The van der Waals surface area contributed by atoms with Crippen LogP contribution in [0.25, 0.3) is 133 Å². The van der Waals surface area contributed by atoms with Crippen LogP contribution in [-0.4, -0.2) is 7.05 Å². The largest absolute Gasteiger partial charge is 0.455 e. The van der Waals surface area contributed by atoms with Gasteiger partial charge in [-0.15, -0.1) is 0 Å². The van der Waals surface area contributed by atoms with Crippen molar-refractivity contribution in [2.45, 2.75) is 0 Å². The molecule has 0 saturated carbocycles. The maximum absolute atomic E-state index is 6.47. The van der Waals surface area contributed by atoms with E-state index in [-0.39, 0.29) is 0 Å². The van der Waals surface area contributed by atoms with Crippen LogP contribution in [0.2, 0.25) is 0 Å². The Labute approximate surface area is 485 Å². The van der Waals surface area contributed by atoms with Crippen LogP contribution < -0.4 is 9.80 Å². The summed E-state index contributed by atoms with van der Waals surface area (Å²) in [7, 11) is 2.12. The second-order valence-electron chi connectivity index (χ2n) is 21.6. The van der Waals surface area contributed by atoms with Crippen LogP contribution >= 0.6 is 0 Å². The van der Waals surface area contributed by atoms with Crippen molar-refractivity contribution in [2.75, 3.05) is 16.8 Å². The molecule has 3 aromatic heterocycles. The van der Waals surface area contributed by atoms with Gasteiger partial charge in [0.1, 0.15) is 33.5 Å². The van der Waals surface area contributed by atoms with E-state index in [0.29, 0.717) is 0 Å². The highest BCUT2D eigenvalue weighted by atomic mass is 16.3. The van der Waals surface area contributed by atoms with Crippen molar-refractivity contribution in [3.63, 3.8) is 0 Å². The molecule has 0 atom stereocenters. The molecule has 0 unspecified atom stereocenters. The predicted octanol–water partition coefficient (Wildman–Crippen LogP) is 22.6. The van der Waals surface area contributed by atoms with E-state index in [0.717, 1.165) is 155 Å². The van der Waals surface area contributed by atoms with E-state index in [9.17, 15) is 0 Å². The van der Waals surface area contributed by atoms with Gasteiger partial charge in [0.25, 0.3) is 0 Å². The smallest absolute Gasteiger partial charge is 0.143 e. The number of hydrogen-bond acceptors (Lipinski definition) is 5. The minimum atomic E-state index is 0.892. The zero-order valence-electron chi connectivity index (χ0n) is 45.9. The summed E-state index contributed by atoms with van der Waals surface area (Å²) < 4.78 is 19.3. The van der Waals surface area contributed by atoms with E-state index < -0.39 is 0 Å². The van der Waals surface area contributed by atoms with E-state index in [1.54, 1.807) is 0 Å². The van der Waals surface area contributed by atoms with Gasteiger partial charge in [0, 0.05) is 84.5 Å². The van der Waals surface area contributed by atoms with Crippen molar-refractivity contribution in [3.8, 4) is 66.8 Å². The molecule has 0 radical (unpaired) electrons. The van der Waals surface area contributed by atoms with Gasteiger partial charge in [0.15, 0.2) is 0 Å². The quantitative estimate of drug-likeness (QED) is 0.129. The van der Waals surface area contributed by atoms with E-state index >= 15 is 0 Å². The number of para-hydroxylation sites is 6. The second kappa shape index (κ2) is 20.1. The van der Waals surface area contributed by atoms with E-state index in [2.05, 4.69) is 278 Å². The zero-order chi connectivity index (χ0) is 55.7. The molecule has 13 aromatic carbocycles. The Kier molecular flexibility index (Phi) is 11.7. The summed E-state index contributed by atoms with van der Waals surface area (Å²) in [5.41, 5.74) is 24.2. The normalized spacial score (nSPS) is 11.6. The van der Waals surface area contributed by atoms with Crippen molar-refractivity contribution in [1.82, 2.24) is 0 Å². The molecule has 16 rings (SSSR count). The average Bonchev–Trinajstić information content (AvgIpc) is 4.47. The Morgan fingerprint density at radius 2 is 0.476 bits per heavy atom. The Balaban J connectivity index is 0.671. The minimum absolute atomic E-state index is 0.892. The Bertz CT molecular complexity index is 4970. The van der Waals surface area contributed by atoms with E-state index in [1.807, 2.05) is 36.4 Å². The Morgan fingerprint density at radius 1 is 0.214 bits per heavy atom. The summed E-state index contributed by atoms with van der Waals surface area (Å²) in [6, 6.07) is 106. The standard InChI is InChI=1S/C79H52N2O3/c1-80(61-41-33-53(34-42-61)65-20-10-23-71-68-17-2-5-26-74(68)82-77(65)71)60-39-29-51(30-40-60)56-13-8-15-58(49-56)59-16-9-14-57(50-59)52-31-43-62(44-32-52)81(63-45-35-54(36-46-63)66-21-11-24-72-69-18-3-6-27-75(69)83-78(66)72)64-47-37-55(38-48-64)67-22-12-25-73-70-19-4-7-28-76(70)84-79(67)73/h2-50H,1H3. The molecule has 0 aliphatic heterocycles. The number of rotatable bonds is 11. The highest BCUT2D eigenvalue weighted by Crippen LogP contribution is 2.43. The molecule has 0 N–H and O–H groups in total. The molecule has 3 heterocycles. The van der Waals surface area contributed by atoms with Gasteiger partial charge in [-0.3, -0.25) is 0 Å². The van der Waals surface area contributed by atoms with Crippen molar-refractivity contribution in [1.29, 1.82) is 0 Å². The first kappa shape index (κ1) is 48.7. The van der Waals surface area contributed by atoms with E-state index in [4.69, 9.17) is 13.3 Å². The number of fused-ring (bicyclic) bond motifs is 9. The summed E-state index contributed by atoms with van der Waals surface area (Å²) in [6.45, 7) is 0. The number of hydrogen-bond donors (Lipinski definition) is 0. The van der Waals surface area contributed by atoms with Gasteiger partial charge < -0.3 is 23.1 Å². The van der Waals surface area contributed by atoms with Crippen molar-refractivity contribution < 1.29 is 13.3 Å². The topological polar surface area (TPSA) is 45.9 Å². The Morgan fingerprint density at radius 3 is 0.810 bits per heavy atom. The number of nitrogens with zero attached hydrogens (tertiary/aromatic N) is 2. The Hall–Kier alpha value is -11.1. The lowest BCUT2D eigenvalue weighted by atomic mass is 9.96. The fraction of sp³-hybridized carbons (Fsp3) is 0.0127. The fourth-order valence-corrected chi connectivity index (χ4v) is 12.4. The number of furan rings is 3. The lowest BCUT2D eigenvalue weighted by Crippen LogP contribution is -2.09. The van der Waals surface area contributed by atoms with Gasteiger partial charge in [0.2, 0.25) is 0 Å². The summed E-state index contributed by atoms with van der Waals surface area (Å²) in [6.07, 6.45) is 0. The van der Waals surface area contributed by atoms with Crippen molar-refractivity contribution in [2.24, 2.45) is 0 Å². The maximum Gasteiger partial charge on any atom is 0.143 e. The molecule has 5 heteroatoms. The molecule has 0 fully saturated rings. The lowest BCUT2D eigenvalue weighted by molar-refractivity contribution is 0.669. The SMILES string of the molecule is CN(c1ccc(-c2cccc(-c3cccc(-c4ccc(N(c5ccc(-c6cccc7c6oc6ccccc67)cc5)c5ccc(-c6cccc7c6oc6ccccc67)cc5)cc4)c3)c2)cc1)c1ccc(-c2cccc3c2oc2ccccc23)cc1. The second-order valence-corrected chi connectivity index (χ2v) is 21.6. The number of anilines is 5. The van der Waals surface area contributed by atoms with Gasteiger partial charge >= 0.3 is 0 Å². The average molecular weight is 1080 g/mol. The van der Waals surface area contributed by atoms with Crippen LogP contribution in [0.3, 0.4) is 0 Å². The molecule has 16 aromatic rings. The summed E-state index contributed by atoms with van der Waals surface area (Å²) >= 11 is 0. The molecular formula is C79H52N2O3. The molecule has 0 aliphatic carbocycles. The van der Waals surface area contributed by atoms with Crippen LogP contribution in [0.4, 0.5) is 28.4 Å². The molecule has 5 nitrogen and oxygen atoms in total. The van der Waals surface area contributed by atoms with Crippen molar-refractivity contribution >= 4 is 94.3 Å². The molecule has 0 aliphatic rings. The van der Waals surface area contributed by atoms with Gasteiger partial charge in [-0.2, -0.15) is 0 Å². The third kappa shape index (κ3) is 8.49. The molecule has 0 bridgehead atoms. The molecule has 0 amide bonds. The highest BCUT2D eigenvalue weighted by molar-refractivity contribution is 6.12. The monoisotopic (exact) mass is 1080 g/mol. The third-order valence-electron chi connectivity index (χ3n) is 16.8. The summed E-state index contributed by atoms with van der Waals surface area (Å²) in [5, 5.41) is 6.75. The molecule has 0 spiro atoms. The first-order chi connectivity index (χ1) is 41.5. The minimum Gasteiger partial charge on any atom is -0.455 e. The van der Waals surface area contributed by atoms with Gasteiger partial charge in [-0.1, -0.05) is 206 Å². The summed E-state index contributed by atoms with van der Waals surface area (Å²) in [4.78, 5) is 4.56. The number of benzene rings is 13.